The lowest BCUT2D eigenvalue weighted by Crippen LogP contribution is -2.46. The van der Waals surface area contributed by atoms with E-state index in [4.69, 9.17) is 4.98 Å². The van der Waals surface area contributed by atoms with Gasteiger partial charge in [-0.2, -0.15) is 0 Å². The van der Waals surface area contributed by atoms with Crippen molar-refractivity contribution in [2.45, 2.75) is 38.7 Å². The molecule has 6 nitrogen and oxygen atoms in total. The molecular formula is C15H23N5O. The number of fused-ring (bicyclic) bond motifs is 1. The third-order valence-electron chi connectivity index (χ3n) is 3.89. The Balaban J connectivity index is 1.97. The van der Waals surface area contributed by atoms with Crippen molar-refractivity contribution in [2.75, 3.05) is 29.9 Å². The molecule has 1 atom stereocenters. The molecule has 0 spiro atoms. The number of aromatic nitrogens is 3. The quantitative estimate of drug-likeness (QED) is 0.900. The maximum absolute atomic E-state index is 10.3. The summed E-state index contributed by atoms with van der Waals surface area (Å²) in [6, 6.07) is 0. The second kappa shape index (κ2) is 5.52. The number of piperidine rings is 1. The van der Waals surface area contributed by atoms with Crippen molar-refractivity contribution in [1.29, 1.82) is 0 Å². The zero-order chi connectivity index (χ0) is 14.9. The number of aliphatic hydroxyl groups is 1. The Labute approximate surface area is 124 Å². The summed E-state index contributed by atoms with van der Waals surface area (Å²) < 4.78 is 1.99. The minimum absolute atomic E-state index is 0.597. The van der Waals surface area contributed by atoms with Crippen LogP contribution in [0.4, 0.5) is 11.6 Å². The van der Waals surface area contributed by atoms with Gasteiger partial charge in [-0.15, -0.1) is 0 Å². The van der Waals surface area contributed by atoms with Crippen LogP contribution in [0.25, 0.3) is 5.65 Å². The summed E-state index contributed by atoms with van der Waals surface area (Å²) >= 11 is 0. The molecule has 21 heavy (non-hydrogen) atoms. The van der Waals surface area contributed by atoms with Crippen LogP contribution in [-0.4, -0.2) is 44.7 Å². The van der Waals surface area contributed by atoms with Gasteiger partial charge in [-0.3, -0.25) is 0 Å². The Morgan fingerprint density at radius 2 is 2.33 bits per heavy atom. The second-order valence-electron chi connectivity index (χ2n) is 6.06. The SMILES string of the molecule is CCCNc1cn2ccnc2c(N2CCCC(C)(O)C2)n1. The van der Waals surface area contributed by atoms with Gasteiger partial charge < -0.3 is 19.7 Å². The molecule has 0 saturated carbocycles. The summed E-state index contributed by atoms with van der Waals surface area (Å²) in [5.74, 6) is 1.70. The van der Waals surface area contributed by atoms with Crippen LogP contribution in [0.5, 0.6) is 0 Å². The second-order valence-corrected chi connectivity index (χ2v) is 6.06. The molecule has 6 heteroatoms. The van der Waals surface area contributed by atoms with Gasteiger partial charge in [0.1, 0.15) is 5.82 Å². The van der Waals surface area contributed by atoms with Crippen LogP contribution < -0.4 is 10.2 Å². The fourth-order valence-corrected chi connectivity index (χ4v) is 2.87. The van der Waals surface area contributed by atoms with Gasteiger partial charge in [0.15, 0.2) is 11.5 Å². The highest BCUT2D eigenvalue weighted by Crippen LogP contribution is 2.27. The monoisotopic (exact) mass is 289 g/mol. The van der Waals surface area contributed by atoms with Gasteiger partial charge in [-0.05, 0) is 26.2 Å². The normalized spacial score (nSPS) is 22.7. The maximum atomic E-state index is 10.3. The van der Waals surface area contributed by atoms with Gasteiger partial charge >= 0.3 is 0 Å². The van der Waals surface area contributed by atoms with Crippen LogP contribution in [0.3, 0.4) is 0 Å². The number of nitrogens with one attached hydrogen (secondary N) is 1. The highest BCUT2D eigenvalue weighted by Gasteiger charge is 2.30. The summed E-state index contributed by atoms with van der Waals surface area (Å²) in [7, 11) is 0. The van der Waals surface area contributed by atoms with Gasteiger partial charge in [0.2, 0.25) is 0 Å². The topological polar surface area (TPSA) is 65.7 Å². The first kappa shape index (κ1) is 14.1. The molecule has 1 fully saturated rings. The highest BCUT2D eigenvalue weighted by molar-refractivity contribution is 5.67. The zero-order valence-corrected chi connectivity index (χ0v) is 12.7. The number of nitrogens with zero attached hydrogens (tertiary/aromatic N) is 4. The van der Waals surface area contributed by atoms with Gasteiger partial charge in [-0.25, -0.2) is 9.97 Å². The van der Waals surface area contributed by atoms with Gasteiger partial charge in [0.05, 0.1) is 11.8 Å². The average molecular weight is 289 g/mol. The van der Waals surface area contributed by atoms with Crippen LogP contribution in [-0.2, 0) is 0 Å². The lowest BCUT2D eigenvalue weighted by Gasteiger charge is -2.37. The van der Waals surface area contributed by atoms with Crippen molar-refractivity contribution in [3.05, 3.63) is 18.6 Å². The first-order valence-electron chi connectivity index (χ1n) is 7.64. The Bertz CT molecular complexity index is 622. The summed E-state index contributed by atoms with van der Waals surface area (Å²) in [4.78, 5) is 11.3. The Morgan fingerprint density at radius 3 is 3.10 bits per heavy atom. The summed E-state index contributed by atoms with van der Waals surface area (Å²) in [6.07, 6.45) is 8.53. The van der Waals surface area contributed by atoms with Crippen LogP contribution >= 0.6 is 0 Å². The van der Waals surface area contributed by atoms with Crippen molar-refractivity contribution < 1.29 is 5.11 Å². The molecule has 0 amide bonds. The summed E-state index contributed by atoms with van der Waals surface area (Å²) in [6.45, 7) is 6.42. The fourth-order valence-electron chi connectivity index (χ4n) is 2.87. The molecule has 1 saturated heterocycles. The molecule has 114 valence electrons. The maximum Gasteiger partial charge on any atom is 0.180 e. The van der Waals surface area contributed by atoms with Crippen molar-refractivity contribution in [3.8, 4) is 0 Å². The molecule has 2 aromatic heterocycles. The number of hydrogen-bond donors (Lipinski definition) is 2. The molecule has 0 aliphatic carbocycles. The van der Waals surface area contributed by atoms with Crippen LogP contribution in [0.1, 0.15) is 33.1 Å². The molecular weight excluding hydrogens is 266 g/mol. The molecule has 2 aromatic rings. The molecule has 0 bridgehead atoms. The first-order chi connectivity index (χ1) is 10.1. The lowest BCUT2D eigenvalue weighted by atomic mass is 9.95. The standard InChI is InChI=1S/C15H23N5O/c1-3-6-16-12-10-19-9-7-17-13(19)14(18-12)20-8-4-5-15(2,21)11-20/h7,9-10,16,21H,3-6,8,11H2,1-2H3. The van der Waals surface area contributed by atoms with E-state index in [1.54, 1.807) is 6.20 Å². The van der Waals surface area contributed by atoms with E-state index in [1.165, 1.54) is 0 Å². The predicted molar refractivity (Wildman–Crippen MR) is 83.8 cm³/mol. The Kier molecular flexibility index (Phi) is 3.71. The van der Waals surface area contributed by atoms with Crippen molar-refractivity contribution >= 4 is 17.3 Å². The highest BCUT2D eigenvalue weighted by atomic mass is 16.3. The van der Waals surface area contributed by atoms with Crippen LogP contribution in [0, 0.1) is 0 Å². The van der Waals surface area contributed by atoms with E-state index in [0.29, 0.717) is 6.54 Å². The number of anilines is 2. The molecule has 1 unspecified atom stereocenters. The van der Waals surface area contributed by atoms with Crippen LogP contribution in [0.15, 0.2) is 18.6 Å². The minimum atomic E-state index is -0.656. The van der Waals surface area contributed by atoms with E-state index in [-0.39, 0.29) is 0 Å². The van der Waals surface area contributed by atoms with Crippen LogP contribution in [0.2, 0.25) is 0 Å². The van der Waals surface area contributed by atoms with E-state index in [0.717, 1.165) is 49.6 Å². The predicted octanol–water partition coefficient (Wildman–Crippen LogP) is 1.90. The zero-order valence-electron chi connectivity index (χ0n) is 12.7. The molecule has 0 aromatic carbocycles. The fraction of sp³-hybridized carbons (Fsp3) is 0.600. The van der Waals surface area contributed by atoms with Gasteiger partial charge in [-0.1, -0.05) is 6.92 Å². The van der Waals surface area contributed by atoms with Crippen molar-refractivity contribution in [3.63, 3.8) is 0 Å². The molecule has 1 aliphatic heterocycles. The third-order valence-corrected chi connectivity index (χ3v) is 3.89. The van der Waals surface area contributed by atoms with E-state index < -0.39 is 5.60 Å². The first-order valence-corrected chi connectivity index (χ1v) is 7.64. The number of rotatable bonds is 4. The molecule has 2 N–H and O–H groups in total. The summed E-state index contributed by atoms with van der Waals surface area (Å²) in [5, 5.41) is 13.7. The molecule has 1 aliphatic rings. The summed E-state index contributed by atoms with van der Waals surface area (Å²) in [5.41, 5.74) is 0.186. The van der Waals surface area contributed by atoms with Crippen molar-refractivity contribution in [2.24, 2.45) is 0 Å². The number of imidazole rings is 1. The Morgan fingerprint density at radius 1 is 1.48 bits per heavy atom. The lowest BCUT2D eigenvalue weighted by molar-refractivity contribution is 0.0448. The van der Waals surface area contributed by atoms with E-state index in [2.05, 4.69) is 22.1 Å². The smallest absolute Gasteiger partial charge is 0.180 e. The Hall–Kier alpha value is -1.82. The van der Waals surface area contributed by atoms with E-state index in [9.17, 15) is 5.11 Å². The number of β-amino-alcohol motifs (C(OH)–C–C–N with tert-alkyl or cyclic N) is 1. The largest absolute Gasteiger partial charge is 0.388 e. The number of hydrogen-bond acceptors (Lipinski definition) is 5. The van der Waals surface area contributed by atoms with E-state index >= 15 is 0 Å². The van der Waals surface area contributed by atoms with Crippen molar-refractivity contribution in [1.82, 2.24) is 14.4 Å². The van der Waals surface area contributed by atoms with Gasteiger partial charge in [0.25, 0.3) is 0 Å². The van der Waals surface area contributed by atoms with E-state index in [1.807, 2.05) is 23.7 Å². The van der Waals surface area contributed by atoms with Gasteiger partial charge in [0, 0.05) is 32.0 Å². The molecule has 3 rings (SSSR count). The minimum Gasteiger partial charge on any atom is -0.388 e. The average Bonchev–Trinajstić information content (AvgIpc) is 2.91. The molecule has 0 radical (unpaired) electrons. The third kappa shape index (κ3) is 2.95. The molecule has 3 heterocycles.